The van der Waals surface area contributed by atoms with Gasteiger partial charge in [0.05, 0.1) is 19.3 Å². The molecule has 2 heteroatoms. The topological polar surface area (TPSA) is 12.5 Å². The third-order valence-corrected chi connectivity index (χ3v) is 3.34. The minimum Gasteiger partial charge on any atom is -0.378 e. The van der Waals surface area contributed by atoms with E-state index in [4.69, 9.17) is 4.74 Å². The van der Waals surface area contributed by atoms with Gasteiger partial charge in [-0.25, -0.2) is 0 Å². The zero-order chi connectivity index (χ0) is 10.2. The lowest BCUT2D eigenvalue weighted by Crippen LogP contribution is -2.50. The Morgan fingerprint density at radius 1 is 1.36 bits per heavy atom. The number of rotatable bonds is 1. The lowest BCUT2D eigenvalue weighted by Gasteiger charge is -2.40. The van der Waals surface area contributed by atoms with E-state index in [-0.39, 0.29) is 0 Å². The first-order valence-corrected chi connectivity index (χ1v) is 5.58. The van der Waals surface area contributed by atoms with E-state index in [0.717, 1.165) is 19.8 Å². The summed E-state index contributed by atoms with van der Waals surface area (Å²) in [5, 5.41) is 0. The lowest BCUT2D eigenvalue weighted by molar-refractivity contribution is -0.0624. The van der Waals surface area contributed by atoms with Crippen LogP contribution in [0.25, 0.3) is 0 Å². The second-order valence-electron chi connectivity index (χ2n) is 5.42. The van der Waals surface area contributed by atoms with Crippen molar-refractivity contribution in [3.8, 4) is 0 Å². The molecular formula is C12H21NO. The zero-order valence-electron chi connectivity index (χ0n) is 9.55. The van der Waals surface area contributed by atoms with Gasteiger partial charge >= 0.3 is 0 Å². The Morgan fingerprint density at radius 2 is 2.07 bits per heavy atom. The normalized spacial score (nSPS) is 25.8. The van der Waals surface area contributed by atoms with Crippen LogP contribution in [0.1, 0.15) is 27.2 Å². The third kappa shape index (κ3) is 2.01. The predicted molar refractivity (Wildman–Crippen MR) is 58.3 cm³/mol. The molecule has 2 heterocycles. The molecule has 2 aliphatic heterocycles. The smallest absolute Gasteiger partial charge is 0.0645 e. The molecule has 80 valence electrons. The fraction of sp³-hybridized carbons (Fsp3) is 0.833. The van der Waals surface area contributed by atoms with Crippen molar-refractivity contribution in [1.82, 2.24) is 4.90 Å². The molecule has 0 aromatic heterocycles. The summed E-state index contributed by atoms with van der Waals surface area (Å²) in [6.07, 6.45) is 3.65. The van der Waals surface area contributed by atoms with Gasteiger partial charge in [0.1, 0.15) is 0 Å². The molecule has 2 nitrogen and oxygen atoms in total. The highest BCUT2D eigenvalue weighted by molar-refractivity contribution is 5.15. The Balaban J connectivity index is 1.92. The van der Waals surface area contributed by atoms with E-state index < -0.39 is 0 Å². The van der Waals surface area contributed by atoms with Crippen molar-refractivity contribution in [2.75, 3.05) is 26.3 Å². The van der Waals surface area contributed by atoms with Gasteiger partial charge in [-0.15, -0.1) is 0 Å². The van der Waals surface area contributed by atoms with Crippen molar-refractivity contribution in [1.29, 1.82) is 0 Å². The largest absolute Gasteiger partial charge is 0.378 e. The SMILES string of the molecule is CC(C)(C)C1=CCN(C2COC2)CC1. The lowest BCUT2D eigenvalue weighted by atomic mass is 9.82. The molecule has 2 rings (SSSR count). The monoisotopic (exact) mass is 195 g/mol. The Hall–Kier alpha value is -0.340. The predicted octanol–water partition coefficient (Wildman–Crippen LogP) is 2.06. The zero-order valence-corrected chi connectivity index (χ0v) is 9.55. The van der Waals surface area contributed by atoms with E-state index in [9.17, 15) is 0 Å². The van der Waals surface area contributed by atoms with Crippen LogP contribution < -0.4 is 0 Å². The van der Waals surface area contributed by atoms with Crippen molar-refractivity contribution >= 4 is 0 Å². The van der Waals surface area contributed by atoms with Crippen LogP contribution >= 0.6 is 0 Å². The maximum Gasteiger partial charge on any atom is 0.0645 e. The molecule has 0 aromatic rings. The Morgan fingerprint density at radius 3 is 2.43 bits per heavy atom. The summed E-state index contributed by atoms with van der Waals surface area (Å²) in [5.41, 5.74) is 1.98. The van der Waals surface area contributed by atoms with Gasteiger partial charge in [-0.05, 0) is 11.8 Å². The van der Waals surface area contributed by atoms with Gasteiger partial charge in [0.15, 0.2) is 0 Å². The molecule has 0 atom stereocenters. The fourth-order valence-electron chi connectivity index (χ4n) is 2.13. The molecule has 1 fully saturated rings. The van der Waals surface area contributed by atoms with Crippen LogP contribution in [0.15, 0.2) is 11.6 Å². The molecule has 1 saturated heterocycles. The standard InChI is InChI=1S/C12H21NO/c1-12(2,3)10-4-6-13(7-5-10)11-8-14-9-11/h4,11H,5-9H2,1-3H3. The first-order chi connectivity index (χ1) is 6.57. The molecule has 0 amide bonds. The molecule has 0 unspecified atom stereocenters. The summed E-state index contributed by atoms with van der Waals surface area (Å²) in [5.74, 6) is 0. The summed E-state index contributed by atoms with van der Waals surface area (Å²) in [6.45, 7) is 11.2. The highest BCUT2D eigenvalue weighted by Crippen LogP contribution is 2.30. The fourth-order valence-corrected chi connectivity index (χ4v) is 2.13. The highest BCUT2D eigenvalue weighted by Gasteiger charge is 2.28. The molecule has 0 saturated carbocycles. The van der Waals surface area contributed by atoms with Crippen LogP contribution in [0, 0.1) is 5.41 Å². The number of nitrogens with zero attached hydrogens (tertiary/aromatic N) is 1. The van der Waals surface area contributed by atoms with Crippen LogP contribution in [-0.2, 0) is 4.74 Å². The molecule has 0 radical (unpaired) electrons. The Bertz CT molecular complexity index is 235. The Labute approximate surface area is 86.9 Å². The maximum atomic E-state index is 5.22. The van der Waals surface area contributed by atoms with E-state index in [2.05, 4.69) is 31.7 Å². The molecule has 0 aliphatic carbocycles. The van der Waals surface area contributed by atoms with Crippen LogP contribution in [-0.4, -0.2) is 37.2 Å². The summed E-state index contributed by atoms with van der Waals surface area (Å²) < 4.78 is 5.22. The Kier molecular flexibility index (Phi) is 2.67. The van der Waals surface area contributed by atoms with Crippen LogP contribution in [0.3, 0.4) is 0 Å². The summed E-state index contributed by atoms with van der Waals surface area (Å²) in [7, 11) is 0. The van der Waals surface area contributed by atoms with Gasteiger partial charge in [-0.1, -0.05) is 32.4 Å². The molecular weight excluding hydrogens is 174 g/mol. The summed E-state index contributed by atoms with van der Waals surface area (Å²) >= 11 is 0. The van der Waals surface area contributed by atoms with Gasteiger partial charge in [-0.3, -0.25) is 4.90 Å². The minimum absolute atomic E-state index is 0.363. The van der Waals surface area contributed by atoms with Gasteiger partial charge in [0.25, 0.3) is 0 Å². The van der Waals surface area contributed by atoms with Crippen LogP contribution in [0.4, 0.5) is 0 Å². The minimum atomic E-state index is 0.363. The van der Waals surface area contributed by atoms with Crippen molar-refractivity contribution in [2.45, 2.75) is 33.2 Å². The van der Waals surface area contributed by atoms with Gasteiger partial charge in [0, 0.05) is 13.1 Å². The van der Waals surface area contributed by atoms with E-state index in [1.165, 1.54) is 13.0 Å². The molecule has 0 spiro atoms. The second kappa shape index (κ2) is 3.67. The van der Waals surface area contributed by atoms with Crippen LogP contribution in [0.5, 0.6) is 0 Å². The van der Waals surface area contributed by atoms with E-state index in [1.54, 1.807) is 5.57 Å². The molecule has 14 heavy (non-hydrogen) atoms. The van der Waals surface area contributed by atoms with Gasteiger partial charge in [0.2, 0.25) is 0 Å². The average molecular weight is 195 g/mol. The van der Waals surface area contributed by atoms with Crippen molar-refractivity contribution < 1.29 is 4.74 Å². The highest BCUT2D eigenvalue weighted by atomic mass is 16.5. The molecule has 0 aromatic carbocycles. The van der Waals surface area contributed by atoms with Crippen molar-refractivity contribution in [3.05, 3.63) is 11.6 Å². The van der Waals surface area contributed by atoms with Gasteiger partial charge in [-0.2, -0.15) is 0 Å². The molecule has 0 N–H and O–H groups in total. The van der Waals surface area contributed by atoms with Crippen molar-refractivity contribution in [2.24, 2.45) is 5.41 Å². The first kappa shape index (κ1) is 10.2. The van der Waals surface area contributed by atoms with Crippen molar-refractivity contribution in [3.63, 3.8) is 0 Å². The average Bonchev–Trinajstić information content (AvgIpc) is 2.00. The summed E-state index contributed by atoms with van der Waals surface area (Å²) in [4.78, 5) is 2.54. The summed E-state index contributed by atoms with van der Waals surface area (Å²) in [6, 6.07) is 0.702. The molecule has 2 aliphatic rings. The molecule has 0 bridgehead atoms. The van der Waals surface area contributed by atoms with Crippen LogP contribution in [0.2, 0.25) is 0 Å². The number of hydrogen-bond acceptors (Lipinski definition) is 2. The number of hydrogen-bond donors (Lipinski definition) is 0. The third-order valence-electron chi connectivity index (χ3n) is 3.34. The number of ether oxygens (including phenoxy) is 1. The second-order valence-corrected chi connectivity index (χ2v) is 5.42. The quantitative estimate of drug-likeness (QED) is 0.594. The van der Waals surface area contributed by atoms with Gasteiger partial charge < -0.3 is 4.74 Å². The maximum absolute atomic E-state index is 5.22. The van der Waals surface area contributed by atoms with E-state index >= 15 is 0 Å². The van der Waals surface area contributed by atoms with E-state index in [0.29, 0.717) is 11.5 Å². The van der Waals surface area contributed by atoms with E-state index in [1.807, 2.05) is 0 Å². The first-order valence-electron chi connectivity index (χ1n) is 5.58.